The van der Waals surface area contributed by atoms with Gasteiger partial charge in [0.2, 0.25) is 10.0 Å². The third-order valence-corrected chi connectivity index (χ3v) is 5.35. The Morgan fingerprint density at radius 3 is 2.28 bits per heavy atom. The van der Waals surface area contributed by atoms with E-state index in [9.17, 15) is 12.8 Å². The second-order valence-corrected chi connectivity index (χ2v) is 8.96. The van der Waals surface area contributed by atoms with Gasteiger partial charge in [0, 0.05) is 18.6 Å². The standard InChI is InChI=1S/C22H30FNO4S/c1-4-27-15-19(16-28-22-13-11-21(23)12-14-22)6-5-18-7-9-20(10-8-18)17(2)24-29(3,25)26/h7-14,17,19,24H,4-6,15-16H2,1-3H3/t17-,19?/m1/s1. The largest absolute Gasteiger partial charge is 0.493 e. The van der Waals surface area contributed by atoms with Gasteiger partial charge in [-0.15, -0.1) is 0 Å². The van der Waals surface area contributed by atoms with Gasteiger partial charge in [0.1, 0.15) is 11.6 Å². The summed E-state index contributed by atoms with van der Waals surface area (Å²) in [4.78, 5) is 0. The molecular formula is C22H30FNO4S. The zero-order chi connectivity index (χ0) is 21.3. The van der Waals surface area contributed by atoms with Crippen molar-refractivity contribution in [1.29, 1.82) is 0 Å². The minimum atomic E-state index is -3.24. The monoisotopic (exact) mass is 423 g/mol. The first kappa shape index (κ1) is 23.3. The Kier molecular flexibility index (Phi) is 9.07. The number of rotatable bonds is 12. The van der Waals surface area contributed by atoms with Gasteiger partial charge in [-0.1, -0.05) is 24.3 Å². The van der Waals surface area contributed by atoms with Crippen LogP contribution in [0.15, 0.2) is 48.5 Å². The molecule has 160 valence electrons. The molecule has 0 saturated carbocycles. The molecule has 2 aromatic rings. The lowest BCUT2D eigenvalue weighted by molar-refractivity contribution is 0.0831. The highest BCUT2D eigenvalue weighted by Crippen LogP contribution is 2.18. The first-order valence-electron chi connectivity index (χ1n) is 9.79. The van der Waals surface area contributed by atoms with Crippen LogP contribution in [0.4, 0.5) is 4.39 Å². The number of hydrogen-bond donors (Lipinski definition) is 1. The smallest absolute Gasteiger partial charge is 0.209 e. The van der Waals surface area contributed by atoms with Gasteiger partial charge in [0.15, 0.2) is 0 Å². The van der Waals surface area contributed by atoms with Crippen LogP contribution >= 0.6 is 0 Å². The Morgan fingerprint density at radius 1 is 1.03 bits per heavy atom. The van der Waals surface area contributed by atoms with Crippen molar-refractivity contribution in [3.05, 3.63) is 65.5 Å². The molecule has 0 fully saturated rings. The van der Waals surface area contributed by atoms with E-state index in [1.165, 1.54) is 17.7 Å². The van der Waals surface area contributed by atoms with Crippen LogP contribution in [0.5, 0.6) is 5.75 Å². The molecule has 29 heavy (non-hydrogen) atoms. The number of halogens is 1. The fraction of sp³-hybridized carbons (Fsp3) is 0.455. The molecule has 0 radical (unpaired) electrons. The van der Waals surface area contributed by atoms with Gasteiger partial charge < -0.3 is 9.47 Å². The number of aryl methyl sites for hydroxylation is 1. The molecule has 1 N–H and O–H groups in total. The summed E-state index contributed by atoms with van der Waals surface area (Å²) in [5.74, 6) is 0.572. The molecule has 0 spiro atoms. The van der Waals surface area contributed by atoms with Crippen LogP contribution in [-0.2, 0) is 21.2 Å². The molecule has 0 heterocycles. The number of sulfonamides is 1. The molecule has 2 rings (SSSR count). The number of nitrogens with one attached hydrogen (secondary N) is 1. The summed E-state index contributed by atoms with van der Waals surface area (Å²) in [5, 5.41) is 0. The van der Waals surface area contributed by atoms with Crippen molar-refractivity contribution in [2.75, 3.05) is 26.1 Å². The molecule has 7 heteroatoms. The molecule has 2 atom stereocenters. The van der Waals surface area contributed by atoms with Gasteiger partial charge in [-0.2, -0.15) is 0 Å². The van der Waals surface area contributed by atoms with E-state index in [-0.39, 0.29) is 17.8 Å². The Balaban J connectivity index is 1.89. The van der Waals surface area contributed by atoms with Crippen LogP contribution in [0.3, 0.4) is 0 Å². The van der Waals surface area contributed by atoms with E-state index in [4.69, 9.17) is 9.47 Å². The van der Waals surface area contributed by atoms with E-state index in [1.807, 2.05) is 38.1 Å². The predicted molar refractivity (Wildman–Crippen MR) is 113 cm³/mol. The molecule has 0 aromatic heterocycles. The summed E-state index contributed by atoms with van der Waals surface area (Å²) in [5.41, 5.74) is 2.09. The lowest BCUT2D eigenvalue weighted by Crippen LogP contribution is -2.25. The quantitative estimate of drug-likeness (QED) is 0.558. The van der Waals surface area contributed by atoms with E-state index < -0.39 is 10.0 Å². The minimum Gasteiger partial charge on any atom is -0.493 e. The molecule has 0 aliphatic carbocycles. The SMILES string of the molecule is CCOCC(CCc1ccc([C@@H](C)NS(C)(=O)=O)cc1)COc1ccc(F)cc1. The lowest BCUT2D eigenvalue weighted by Gasteiger charge is -2.18. The molecular weight excluding hydrogens is 393 g/mol. The Hall–Kier alpha value is -1.96. The maximum Gasteiger partial charge on any atom is 0.209 e. The molecule has 1 unspecified atom stereocenters. The Bertz CT molecular complexity index is 838. The second-order valence-electron chi connectivity index (χ2n) is 7.18. The summed E-state index contributed by atoms with van der Waals surface area (Å²) in [6.45, 7) is 5.53. The van der Waals surface area contributed by atoms with Crippen LogP contribution in [0.25, 0.3) is 0 Å². The van der Waals surface area contributed by atoms with Crippen molar-refractivity contribution in [2.45, 2.75) is 32.7 Å². The predicted octanol–water partition coefficient (Wildman–Crippen LogP) is 4.10. The van der Waals surface area contributed by atoms with Gasteiger partial charge in [-0.3, -0.25) is 0 Å². The van der Waals surface area contributed by atoms with Gasteiger partial charge in [-0.05, 0) is 62.1 Å². The second kappa shape index (κ2) is 11.3. The summed E-state index contributed by atoms with van der Waals surface area (Å²) in [6.07, 6.45) is 2.90. The zero-order valence-electron chi connectivity index (χ0n) is 17.2. The van der Waals surface area contributed by atoms with E-state index in [2.05, 4.69) is 4.72 Å². The van der Waals surface area contributed by atoms with Crippen molar-refractivity contribution in [3.8, 4) is 5.75 Å². The first-order valence-corrected chi connectivity index (χ1v) is 11.7. The Morgan fingerprint density at radius 2 is 1.69 bits per heavy atom. The van der Waals surface area contributed by atoms with Crippen molar-refractivity contribution < 1.29 is 22.3 Å². The fourth-order valence-corrected chi connectivity index (χ4v) is 3.76. The third-order valence-electron chi connectivity index (χ3n) is 4.57. The topological polar surface area (TPSA) is 64.6 Å². The molecule has 2 aromatic carbocycles. The molecule has 5 nitrogen and oxygen atoms in total. The van der Waals surface area contributed by atoms with Crippen LogP contribution < -0.4 is 9.46 Å². The number of ether oxygens (including phenoxy) is 2. The van der Waals surface area contributed by atoms with Crippen molar-refractivity contribution >= 4 is 10.0 Å². The first-order chi connectivity index (χ1) is 13.8. The summed E-state index contributed by atoms with van der Waals surface area (Å²) in [6, 6.07) is 13.7. The Labute approximate surface area is 173 Å². The van der Waals surface area contributed by atoms with Gasteiger partial charge >= 0.3 is 0 Å². The molecule has 0 amide bonds. The van der Waals surface area contributed by atoms with Crippen LogP contribution in [0.2, 0.25) is 0 Å². The highest BCUT2D eigenvalue weighted by atomic mass is 32.2. The lowest BCUT2D eigenvalue weighted by atomic mass is 9.99. The average molecular weight is 424 g/mol. The van der Waals surface area contributed by atoms with Crippen molar-refractivity contribution in [3.63, 3.8) is 0 Å². The third kappa shape index (κ3) is 8.94. The summed E-state index contributed by atoms with van der Waals surface area (Å²) >= 11 is 0. The van der Waals surface area contributed by atoms with E-state index in [0.29, 0.717) is 25.6 Å². The van der Waals surface area contributed by atoms with Gasteiger partial charge in [0.05, 0.1) is 19.5 Å². The maximum atomic E-state index is 13.0. The molecule has 0 aliphatic rings. The van der Waals surface area contributed by atoms with Crippen molar-refractivity contribution in [1.82, 2.24) is 4.72 Å². The van der Waals surface area contributed by atoms with Crippen molar-refractivity contribution in [2.24, 2.45) is 5.92 Å². The van der Waals surface area contributed by atoms with Crippen LogP contribution in [0.1, 0.15) is 37.4 Å². The normalized spacial score (nSPS) is 13.8. The number of hydrogen-bond acceptors (Lipinski definition) is 4. The summed E-state index contributed by atoms with van der Waals surface area (Å²) < 4.78 is 49.7. The van der Waals surface area contributed by atoms with E-state index in [1.54, 1.807) is 12.1 Å². The molecule has 0 saturated heterocycles. The minimum absolute atomic E-state index is 0.213. The van der Waals surface area contributed by atoms with Crippen LogP contribution in [0, 0.1) is 11.7 Å². The van der Waals surface area contributed by atoms with E-state index >= 15 is 0 Å². The average Bonchev–Trinajstić information content (AvgIpc) is 2.67. The summed E-state index contributed by atoms with van der Waals surface area (Å²) in [7, 11) is -3.24. The van der Waals surface area contributed by atoms with Gasteiger partial charge in [0.25, 0.3) is 0 Å². The van der Waals surface area contributed by atoms with E-state index in [0.717, 1.165) is 24.7 Å². The highest BCUT2D eigenvalue weighted by molar-refractivity contribution is 7.88. The highest BCUT2D eigenvalue weighted by Gasteiger charge is 2.13. The molecule has 0 aliphatic heterocycles. The maximum absolute atomic E-state index is 13.0. The fourth-order valence-electron chi connectivity index (χ4n) is 2.98. The van der Waals surface area contributed by atoms with Gasteiger partial charge in [-0.25, -0.2) is 17.5 Å². The van der Waals surface area contributed by atoms with Crippen LogP contribution in [-0.4, -0.2) is 34.5 Å². The zero-order valence-corrected chi connectivity index (χ0v) is 18.0. The molecule has 0 bridgehead atoms. The number of benzene rings is 2.